The van der Waals surface area contributed by atoms with Crippen molar-refractivity contribution in [1.29, 1.82) is 0 Å². The Hall–Kier alpha value is -1.79. The lowest BCUT2D eigenvalue weighted by molar-refractivity contribution is 0.0895. The molecule has 0 bridgehead atoms. The number of thiophene rings is 1. The number of carbonyl (C=O) groups excluding carboxylic acids is 1. The van der Waals surface area contributed by atoms with Crippen molar-refractivity contribution in [3.8, 4) is 0 Å². The van der Waals surface area contributed by atoms with Crippen molar-refractivity contribution in [3.05, 3.63) is 45.7 Å². The summed E-state index contributed by atoms with van der Waals surface area (Å²) < 4.78 is 0. The first-order chi connectivity index (χ1) is 11.1. The minimum absolute atomic E-state index is 0.0958. The largest absolute Gasteiger partial charge is 0.347 e. The van der Waals surface area contributed by atoms with Crippen LogP contribution >= 0.6 is 11.3 Å². The van der Waals surface area contributed by atoms with Gasteiger partial charge in [-0.05, 0) is 50.7 Å². The molecule has 0 aromatic carbocycles. The van der Waals surface area contributed by atoms with Crippen LogP contribution in [-0.2, 0) is 6.54 Å². The zero-order valence-electron chi connectivity index (χ0n) is 13.6. The molecule has 2 aromatic heterocycles. The van der Waals surface area contributed by atoms with Gasteiger partial charge in [-0.15, -0.1) is 11.3 Å². The summed E-state index contributed by atoms with van der Waals surface area (Å²) in [6.07, 6.45) is 2.13. The van der Waals surface area contributed by atoms with Gasteiger partial charge in [0.25, 0.3) is 5.91 Å². The number of likely N-dealkylation sites (tertiary alicyclic amines) is 1. The molecule has 0 aliphatic carbocycles. The van der Waals surface area contributed by atoms with Gasteiger partial charge in [0.05, 0.1) is 0 Å². The summed E-state index contributed by atoms with van der Waals surface area (Å²) in [6, 6.07) is 6.18. The van der Waals surface area contributed by atoms with Crippen LogP contribution in [0, 0.1) is 13.8 Å². The molecule has 1 aliphatic rings. The fourth-order valence-electron chi connectivity index (χ4n) is 3.03. The van der Waals surface area contributed by atoms with Gasteiger partial charge >= 0.3 is 0 Å². The Morgan fingerprint density at radius 1 is 1.43 bits per heavy atom. The van der Waals surface area contributed by atoms with Crippen molar-refractivity contribution in [1.82, 2.24) is 20.2 Å². The molecule has 1 aliphatic heterocycles. The normalized spacial score (nSPS) is 18.8. The Balaban J connectivity index is 1.59. The van der Waals surface area contributed by atoms with Crippen LogP contribution in [0.5, 0.6) is 0 Å². The average molecular weight is 330 g/mol. The van der Waals surface area contributed by atoms with Crippen LogP contribution in [0.2, 0.25) is 0 Å². The maximum absolute atomic E-state index is 12.4. The molecule has 122 valence electrons. The lowest BCUT2D eigenvalue weighted by Crippen LogP contribution is -2.47. The highest BCUT2D eigenvalue weighted by molar-refractivity contribution is 7.09. The third-order valence-corrected chi connectivity index (χ3v) is 4.86. The number of carbonyl (C=O) groups is 1. The molecule has 5 nitrogen and oxygen atoms in total. The third-order valence-electron chi connectivity index (χ3n) is 4.00. The van der Waals surface area contributed by atoms with E-state index in [1.54, 1.807) is 17.4 Å². The molecule has 1 unspecified atom stereocenters. The minimum atomic E-state index is -0.0958. The molecular formula is C17H22N4OS. The van der Waals surface area contributed by atoms with Crippen molar-refractivity contribution in [3.63, 3.8) is 0 Å². The number of aryl methyl sites for hydroxylation is 2. The number of rotatable bonds is 4. The maximum Gasteiger partial charge on any atom is 0.270 e. The summed E-state index contributed by atoms with van der Waals surface area (Å²) in [7, 11) is 0. The summed E-state index contributed by atoms with van der Waals surface area (Å²) in [5, 5.41) is 5.24. The first kappa shape index (κ1) is 16.1. The zero-order chi connectivity index (χ0) is 16.2. The van der Waals surface area contributed by atoms with E-state index in [0.717, 1.165) is 38.2 Å². The van der Waals surface area contributed by atoms with E-state index in [0.29, 0.717) is 11.5 Å². The van der Waals surface area contributed by atoms with E-state index in [-0.39, 0.29) is 11.9 Å². The minimum Gasteiger partial charge on any atom is -0.347 e. The van der Waals surface area contributed by atoms with Crippen LogP contribution in [-0.4, -0.2) is 39.9 Å². The number of nitrogens with zero attached hydrogens (tertiary/aromatic N) is 3. The fourth-order valence-corrected chi connectivity index (χ4v) is 3.78. The van der Waals surface area contributed by atoms with E-state index in [4.69, 9.17) is 0 Å². The fraction of sp³-hybridized carbons (Fsp3) is 0.471. The molecule has 0 spiro atoms. The van der Waals surface area contributed by atoms with E-state index in [9.17, 15) is 4.79 Å². The first-order valence-electron chi connectivity index (χ1n) is 7.98. The van der Waals surface area contributed by atoms with Gasteiger partial charge in [0.15, 0.2) is 0 Å². The molecule has 6 heteroatoms. The van der Waals surface area contributed by atoms with Crippen LogP contribution in [0.15, 0.2) is 23.6 Å². The van der Waals surface area contributed by atoms with E-state index in [2.05, 4.69) is 37.7 Å². The predicted molar refractivity (Wildman–Crippen MR) is 91.6 cm³/mol. The second kappa shape index (κ2) is 7.19. The number of aromatic nitrogens is 2. The van der Waals surface area contributed by atoms with E-state index in [1.165, 1.54) is 4.88 Å². The molecule has 2 aromatic rings. The number of piperidine rings is 1. The van der Waals surface area contributed by atoms with Crippen molar-refractivity contribution in [2.75, 3.05) is 13.1 Å². The maximum atomic E-state index is 12.4. The standard InChI is InChI=1S/C17H22N4OS/c1-12-9-16(19-13(2)18-12)17(22)20-14-5-3-7-21(10-14)11-15-6-4-8-23-15/h4,6,8-9,14H,3,5,7,10-11H2,1-2H3,(H,20,22). The average Bonchev–Trinajstić information content (AvgIpc) is 2.99. The van der Waals surface area contributed by atoms with Crippen molar-refractivity contribution in [2.45, 2.75) is 39.3 Å². The highest BCUT2D eigenvalue weighted by Crippen LogP contribution is 2.17. The Morgan fingerprint density at radius 2 is 2.30 bits per heavy atom. The van der Waals surface area contributed by atoms with Gasteiger partial charge in [-0.25, -0.2) is 9.97 Å². The molecule has 23 heavy (non-hydrogen) atoms. The molecular weight excluding hydrogens is 308 g/mol. The van der Waals surface area contributed by atoms with Crippen molar-refractivity contribution in [2.24, 2.45) is 0 Å². The highest BCUT2D eigenvalue weighted by Gasteiger charge is 2.22. The van der Waals surface area contributed by atoms with Gasteiger partial charge in [-0.3, -0.25) is 9.69 Å². The Kier molecular flexibility index (Phi) is 5.03. The summed E-state index contributed by atoms with van der Waals surface area (Å²) in [5.41, 5.74) is 1.29. The number of nitrogens with one attached hydrogen (secondary N) is 1. The van der Waals surface area contributed by atoms with Crippen LogP contribution in [0.4, 0.5) is 0 Å². The Morgan fingerprint density at radius 3 is 3.04 bits per heavy atom. The molecule has 1 saturated heterocycles. The van der Waals surface area contributed by atoms with Gasteiger partial charge in [0, 0.05) is 29.7 Å². The van der Waals surface area contributed by atoms with Gasteiger partial charge in [0.1, 0.15) is 11.5 Å². The number of hydrogen-bond acceptors (Lipinski definition) is 5. The molecule has 3 rings (SSSR count). The van der Waals surface area contributed by atoms with Gasteiger partial charge in [0.2, 0.25) is 0 Å². The van der Waals surface area contributed by atoms with Crippen molar-refractivity contribution >= 4 is 17.2 Å². The molecule has 1 atom stereocenters. The van der Waals surface area contributed by atoms with Crippen LogP contribution in [0.3, 0.4) is 0 Å². The predicted octanol–water partition coefficient (Wildman–Crippen LogP) is 2.55. The molecule has 1 N–H and O–H groups in total. The summed E-state index contributed by atoms with van der Waals surface area (Å²) in [4.78, 5) is 24.7. The molecule has 0 radical (unpaired) electrons. The second-order valence-electron chi connectivity index (χ2n) is 6.07. The summed E-state index contributed by atoms with van der Waals surface area (Å²) in [6.45, 7) is 6.65. The van der Waals surface area contributed by atoms with E-state index in [1.807, 2.05) is 13.8 Å². The summed E-state index contributed by atoms with van der Waals surface area (Å²) >= 11 is 1.79. The van der Waals surface area contributed by atoms with Gasteiger partial charge in [-0.2, -0.15) is 0 Å². The Bertz CT molecular complexity index is 651. The van der Waals surface area contributed by atoms with E-state index >= 15 is 0 Å². The monoisotopic (exact) mass is 330 g/mol. The van der Waals surface area contributed by atoms with E-state index < -0.39 is 0 Å². The quantitative estimate of drug-likeness (QED) is 0.936. The first-order valence-corrected chi connectivity index (χ1v) is 8.86. The molecule has 0 saturated carbocycles. The van der Waals surface area contributed by atoms with Crippen LogP contribution < -0.4 is 5.32 Å². The topological polar surface area (TPSA) is 58.1 Å². The van der Waals surface area contributed by atoms with Crippen LogP contribution in [0.25, 0.3) is 0 Å². The highest BCUT2D eigenvalue weighted by atomic mass is 32.1. The smallest absolute Gasteiger partial charge is 0.270 e. The van der Waals surface area contributed by atoms with Crippen molar-refractivity contribution < 1.29 is 4.79 Å². The third kappa shape index (κ3) is 4.36. The van der Waals surface area contributed by atoms with Crippen LogP contribution in [0.1, 0.15) is 39.7 Å². The van der Waals surface area contributed by atoms with Gasteiger partial charge < -0.3 is 5.32 Å². The number of amides is 1. The lowest BCUT2D eigenvalue weighted by atomic mass is 10.1. The second-order valence-corrected chi connectivity index (χ2v) is 7.10. The SMILES string of the molecule is Cc1cc(C(=O)NC2CCCN(Cc3cccs3)C2)nc(C)n1. The lowest BCUT2D eigenvalue weighted by Gasteiger charge is -2.32. The zero-order valence-corrected chi connectivity index (χ0v) is 14.4. The molecule has 1 fully saturated rings. The molecule has 1 amide bonds. The van der Waals surface area contributed by atoms with Gasteiger partial charge in [-0.1, -0.05) is 6.07 Å². The summed E-state index contributed by atoms with van der Waals surface area (Å²) in [5.74, 6) is 0.541. The molecule has 3 heterocycles. The Labute approximate surface area is 140 Å². The number of hydrogen-bond donors (Lipinski definition) is 1.